The number of nitrogens with one attached hydrogen (secondary N) is 2. The molecule has 0 radical (unpaired) electrons. The highest BCUT2D eigenvalue weighted by atomic mass is 127. The van der Waals surface area contributed by atoms with Gasteiger partial charge in [-0.2, -0.15) is 5.10 Å². The summed E-state index contributed by atoms with van der Waals surface area (Å²) in [6.07, 6.45) is 0. The Kier molecular flexibility index (Phi) is 9.86. The molecule has 3 rings (SSSR count). The highest BCUT2D eigenvalue weighted by molar-refractivity contribution is 14.0. The highest BCUT2D eigenvalue weighted by Crippen LogP contribution is 2.23. The summed E-state index contributed by atoms with van der Waals surface area (Å²) in [6.45, 7) is 8.90. The van der Waals surface area contributed by atoms with Gasteiger partial charge in [-0.1, -0.05) is 23.7 Å². The van der Waals surface area contributed by atoms with Crippen molar-refractivity contribution in [2.75, 3.05) is 39.9 Å². The molecule has 1 fully saturated rings. The Morgan fingerprint density at radius 3 is 2.43 bits per heavy atom. The van der Waals surface area contributed by atoms with E-state index in [1.807, 2.05) is 30.8 Å². The number of morpholine rings is 1. The Bertz CT molecular complexity index is 833. The second-order valence-corrected chi connectivity index (χ2v) is 7.73. The molecule has 166 valence electrons. The van der Waals surface area contributed by atoms with Crippen LogP contribution in [-0.4, -0.2) is 60.5 Å². The van der Waals surface area contributed by atoms with Gasteiger partial charge in [0.15, 0.2) is 5.96 Å². The summed E-state index contributed by atoms with van der Waals surface area (Å²) in [5.74, 6) is 0.778. The number of hydrogen-bond acceptors (Lipinski definition) is 4. The maximum absolute atomic E-state index is 6.09. The summed E-state index contributed by atoms with van der Waals surface area (Å²) in [5, 5.41) is 12.1. The van der Waals surface area contributed by atoms with Gasteiger partial charge < -0.3 is 15.4 Å². The molecule has 1 aliphatic heterocycles. The third kappa shape index (κ3) is 6.32. The smallest absolute Gasteiger partial charge is 0.191 e. The van der Waals surface area contributed by atoms with Crippen LogP contribution in [-0.2, 0) is 18.3 Å². The zero-order valence-electron chi connectivity index (χ0n) is 18.1. The number of ether oxygens (including phenoxy) is 1. The van der Waals surface area contributed by atoms with Crippen LogP contribution in [0.25, 0.3) is 0 Å². The monoisotopic (exact) mass is 546 g/mol. The quantitative estimate of drug-likeness (QED) is 0.331. The predicted molar refractivity (Wildman–Crippen MR) is 133 cm³/mol. The molecule has 7 nitrogen and oxygen atoms in total. The lowest BCUT2D eigenvalue weighted by atomic mass is 10.0. The zero-order valence-corrected chi connectivity index (χ0v) is 21.2. The van der Waals surface area contributed by atoms with Crippen molar-refractivity contribution in [1.82, 2.24) is 25.3 Å². The van der Waals surface area contributed by atoms with Gasteiger partial charge >= 0.3 is 0 Å². The molecule has 0 bridgehead atoms. The molecule has 1 unspecified atom stereocenters. The number of guanidine groups is 1. The summed E-state index contributed by atoms with van der Waals surface area (Å²) in [7, 11) is 3.77. The number of benzene rings is 1. The van der Waals surface area contributed by atoms with Gasteiger partial charge in [0.1, 0.15) is 0 Å². The minimum absolute atomic E-state index is 0. The summed E-state index contributed by atoms with van der Waals surface area (Å²) >= 11 is 6.09. The summed E-state index contributed by atoms with van der Waals surface area (Å²) in [5.41, 5.74) is 4.65. The van der Waals surface area contributed by atoms with Gasteiger partial charge in [-0.05, 0) is 31.5 Å². The molecule has 9 heteroatoms. The molecule has 2 aromatic rings. The van der Waals surface area contributed by atoms with Crippen LogP contribution >= 0.6 is 35.6 Å². The zero-order chi connectivity index (χ0) is 20.8. The van der Waals surface area contributed by atoms with E-state index in [1.165, 1.54) is 11.1 Å². The van der Waals surface area contributed by atoms with Gasteiger partial charge in [0.25, 0.3) is 0 Å². The topological polar surface area (TPSA) is 66.7 Å². The van der Waals surface area contributed by atoms with Gasteiger partial charge in [0.2, 0.25) is 0 Å². The van der Waals surface area contributed by atoms with E-state index in [2.05, 4.69) is 44.7 Å². The van der Waals surface area contributed by atoms with E-state index in [0.29, 0.717) is 6.54 Å². The maximum atomic E-state index is 6.09. The molecular formula is C21H32ClIN6O. The van der Waals surface area contributed by atoms with Crippen LogP contribution in [0.5, 0.6) is 0 Å². The fourth-order valence-corrected chi connectivity index (χ4v) is 3.82. The molecule has 1 aromatic heterocycles. The molecule has 0 aliphatic carbocycles. The van der Waals surface area contributed by atoms with Crippen molar-refractivity contribution in [1.29, 1.82) is 0 Å². The van der Waals surface area contributed by atoms with Crippen LogP contribution in [0.15, 0.2) is 29.3 Å². The predicted octanol–water partition coefficient (Wildman–Crippen LogP) is 3.05. The first kappa shape index (κ1) is 24.9. The van der Waals surface area contributed by atoms with Gasteiger partial charge in [0, 0.05) is 56.6 Å². The second kappa shape index (κ2) is 11.9. The minimum Gasteiger partial charge on any atom is -0.379 e. The number of halogens is 2. The lowest BCUT2D eigenvalue weighted by Crippen LogP contribution is -2.46. The third-order valence-corrected chi connectivity index (χ3v) is 5.77. The van der Waals surface area contributed by atoms with E-state index >= 15 is 0 Å². The number of nitrogens with zero attached hydrogens (tertiary/aromatic N) is 4. The molecule has 0 spiro atoms. The van der Waals surface area contributed by atoms with E-state index in [9.17, 15) is 0 Å². The fraction of sp³-hybridized carbons (Fsp3) is 0.524. The lowest BCUT2D eigenvalue weighted by molar-refractivity contribution is 0.0170. The van der Waals surface area contributed by atoms with Crippen molar-refractivity contribution in [3.63, 3.8) is 0 Å². The Hall–Kier alpha value is -1.36. The average Bonchev–Trinajstić information content (AvgIpc) is 2.98. The third-order valence-electron chi connectivity index (χ3n) is 5.52. The molecule has 2 N–H and O–H groups in total. The lowest BCUT2D eigenvalue weighted by Gasteiger charge is -2.35. The molecule has 1 atom stereocenters. The molecule has 30 heavy (non-hydrogen) atoms. The van der Waals surface area contributed by atoms with Crippen molar-refractivity contribution in [3.05, 3.63) is 51.8 Å². The number of hydrogen-bond donors (Lipinski definition) is 2. The van der Waals surface area contributed by atoms with E-state index in [-0.39, 0.29) is 30.0 Å². The molecule has 0 amide bonds. The largest absolute Gasteiger partial charge is 0.379 e. The minimum atomic E-state index is 0. The van der Waals surface area contributed by atoms with Crippen molar-refractivity contribution >= 4 is 41.5 Å². The SMILES string of the molecule is CN=C(NCc1c(C)nn(C)c1C)NCC(c1ccc(Cl)cc1)N1CCOCC1.I. The van der Waals surface area contributed by atoms with E-state index in [0.717, 1.165) is 55.2 Å². The average molecular weight is 547 g/mol. The van der Waals surface area contributed by atoms with E-state index in [1.54, 1.807) is 7.05 Å². The number of aliphatic imine (C=N–C) groups is 1. The van der Waals surface area contributed by atoms with E-state index < -0.39 is 0 Å². The van der Waals surface area contributed by atoms with Crippen LogP contribution < -0.4 is 10.6 Å². The van der Waals surface area contributed by atoms with Gasteiger partial charge in [-0.3, -0.25) is 14.6 Å². The van der Waals surface area contributed by atoms with Gasteiger partial charge in [-0.25, -0.2) is 0 Å². The standard InChI is InChI=1S/C21H31ClN6O.HI/c1-15-19(16(2)27(4)26-15)13-24-21(23-3)25-14-20(28-9-11-29-12-10-28)17-5-7-18(22)8-6-17;/h5-8,20H,9-14H2,1-4H3,(H2,23,24,25);1H. The summed E-state index contributed by atoms with van der Waals surface area (Å²) in [6, 6.07) is 8.32. The van der Waals surface area contributed by atoms with Crippen LogP contribution in [0, 0.1) is 13.8 Å². The van der Waals surface area contributed by atoms with Crippen LogP contribution in [0.1, 0.15) is 28.6 Å². The van der Waals surface area contributed by atoms with Crippen LogP contribution in [0.4, 0.5) is 0 Å². The first-order valence-electron chi connectivity index (χ1n) is 10.0. The first-order chi connectivity index (χ1) is 14.0. The molecule has 1 aromatic carbocycles. The Labute approximate surface area is 201 Å². The number of aromatic nitrogens is 2. The van der Waals surface area contributed by atoms with Crippen molar-refractivity contribution in [2.45, 2.75) is 26.4 Å². The van der Waals surface area contributed by atoms with Crippen LogP contribution in [0.3, 0.4) is 0 Å². The Balaban J connectivity index is 0.00000320. The molecular weight excluding hydrogens is 515 g/mol. The van der Waals surface area contributed by atoms with E-state index in [4.69, 9.17) is 16.3 Å². The fourth-order valence-electron chi connectivity index (χ4n) is 3.69. The normalized spacial score (nSPS) is 16.1. The van der Waals surface area contributed by atoms with Gasteiger partial charge in [-0.15, -0.1) is 24.0 Å². The Morgan fingerprint density at radius 1 is 1.20 bits per heavy atom. The summed E-state index contributed by atoms with van der Waals surface area (Å²) < 4.78 is 7.45. The maximum Gasteiger partial charge on any atom is 0.191 e. The Morgan fingerprint density at radius 2 is 1.87 bits per heavy atom. The van der Waals surface area contributed by atoms with Crippen molar-refractivity contribution < 1.29 is 4.74 Å². The number of aryl methyl sites for hydroxylation is 2. The molecule has 0 saturated carbocycles. The molecule has 1 saturated heterocycles. The summed E-state index contributed by atoms with van der Waals surface area (Å²) in [4.78, 5) is 6.84. The first-order valence-corrected chi connectivity index (χ1v) is 10.4. The molecule has 2 heterocycles. The van der Waals surface area contributed by atoms with Crippen molar-refractivity contribution in [3.8, 4) is 0 Å². The van der Waals surface area contributed by atoms with Crippen LogP contribution in [0.2, 0.25) is 5.02 Å². The highest BCUT2D eigenvalue weighted by Gasteiger charge is 2.23. The van der Waals surface area contributed by atoms with Gasteiger partial charge in [0.05, 0.1) is 24.9 Å². The number of rotatable bonds is 6. The van der Waals surface area contributed by atoms with Crippen molar-refractivity contribution in [2.24, 2.45) is 12.0 Å². The molecule has 1 aliphatic rings. The second-order valence-electron chi connectivity index (χ2n) is 7.30.